The highest BCUT2D eigenvalue weighted by Gasteiger charge is 1.80. The van der Waals surface area contributed by atoms with Gasteiger partial charge in [0.15, 0.2) is 0 Å². The third-order valence-corrected chi connectivity index (χ3v) is 0.979. The van der Waals surface area contributed by atoms with Gasteiger partial charge in [0.05, 0.1) is 7.11 Å². The molecule has 0 aliphatic heterocycles. The first-order chi connectivity index (χ1) is 5.93. The zero-order chi connectivity index (χ0) is 10.3. The van der Waals surface area contributed by atoms with Crippen molar-refractivity contribution in [2.45, 2.75) is 0 Å². The number of hydrogen-bond acceptors (Lipinski definition) is 3. The van der Waals surface area contributed by atoms with Crippen molar-refractivity contribution in [2.24, 2.45) is 0 Å². The maximum Gasteiger partial charge on any atom is 0.144 e. The third-order valence-electron chi connectivity index (χ3n) is 0.979. The van der Waals surface area contributed by atoms with Gasteiger partial charge in [-0.15, -0.1) is 0 Å². The molecule has 0 atom stereocenters. The predicted octanol–water partition coefficient (Wildman–Crippen LogP) is 1.36. The number of ether oxygens (including phenoxy) is 1. The molecule has 4 heteroatoms. The van der Waals surface area contributed by atoms with Gasteiger partial charge in [-0.25, -0.2) is 8.42 Å². The fourth-order valence-corrected chi connectivity index (χ4v) is 0.557. The first-order valence-electron chi connectivity index (χ1n) is 3.67. The Bertz CT molecular complexity index is 308. The number of methoxy groups -OCH3 is 1. The third kappa shape index (κ3) is 11.0. The van der Waals surface area contributed by atoms with Crippen LogP contribution in [0.5, 0.6) is 5.75 Å². The largest absolute Gasteiger partial charge is 0.497 e. The van der Waals surface area contributed by atoms with E-state index in [1.165, 1.54) is 0 Å². The number of rotatable bonds is 1. The number of hydrogen-bond donors (Lipinski definition) is 0. The predicted molar refractivity (Wildman–Crippen MR) is 53.8 cm³/mol. The molecule has 0 saturated carbocycles. The number of para-hydroxylation sites is 1. The second kappa shape index (κ2) is 5.59. The highest BCUT2D eigenvalue weighted by molar-refractivity contribution is 7.89. The molecule has 0 bridgehead atoms. The number of benzene rings is 1. The average molecular weight is 202 g/mol. The van der Waals surface area contributed by atoms with Gasteiger partial charge in [-0.2, -0.15) is 0 Å². The van der Waals surface area contributed by atoms with E-state index >= 15 is 0 Å². The van der Waals surface area contributed by atoms with Crippen LogP contribution >= 0.6 is 0 Å². The molecule has 0 unspecified atom stereocenters. The minimum Gasteiger partial charge on any atom is -0.497 e. The van der Waals surface area contributed by atoms with Gasteiger partial charge in [-0.05, 0) is 12.1 Å². The van der Waals surface area contributed by atoms with Gasteiger partial charge in [-0.1, -0.05) is 18.2 Å². The Morgan fingerprint density at radius 3 is 1.69 bits per heavy atom. The summed E-state index contributed by atoms with van der Waals surface area (Å²) in [6.07, 6.45) is 2.32. The average Bonchev–Trinajstić information content (AvgIpc) is 2.03. The fraction of sp³-hybridized carbons (Fsp3) is 0.333. The molecule has 0 fully saturated rings. The Morgan fingerprint density at radius 1 is 1.08 bits per heavy atom. The van der Waals surface area contributed by atoms with Gasteiger partial charge in [0.25, 0.3) is 0 Å². The molecule has 0 aromatic heterocycles. The zero-order valence-electron chi connectivity index (χ0n) is 8.02. The minimum atomic E-state index is -2.67. The Morgan fingerprint density at radius 2 is 1.46 bits per heavy atom. The first kappa shape index (κ1) is 12.0. The lowest BCUT2D eigenvalue weighted by atomic mass is 10.3. The van der Waals surface area contributed by atoms with E-state index in [0.717, 1.165) is 18.3 Å². The molecule has 13 heavy (non-hydrogen) atoms. The van der Waals surface area contributed by atoms with Crippen molar-refractivity contribution in [1.29, 1.82) is 0 Å². The molecule has 0 saturated heterocycles. The van der Waals surface area contributed by atoms with Crippen LogP contribution in [-0.4, -0.2) is 28.0 Å². The Balaban J connectivity index is 0.000000252. The summed E-state index contributed by atoms with van der Waals surface area (Å²) in [6, 6.07) is 9.68. The lowest BCUT2D eigenvalue weighted by Crippen LogP contribution is -1.86. The van der Waals surface area contributed by atoms with E-state index in [9.17, 15) is 8.42 Å². The molecule has 0 N–H and O–H groups in total. The Hall–Kier alpha value is -1.03. The molecule has 0 heterocycles. The van der Waals surface area contributed by atoms with E-state index in [4.69, 9.17) is 4.74 Å². The molecule has 1 aromatic rings. The first-order valence-corrected chi connectivity index (χ1v) is 5.97. The molecule has 1 rings (SSSR count). The highest BCUT2D eigenvalue weighted by Crippen LogP contribution is 2.05. The summed E-state index contributed by atoms with van der Waals surface area (Å²) in [5.74, 6) is 0.910. The highest BCUT2D eigenvalue weighted by atomic mass is 32.2. The Labute approximate surface area is 79.3 Å². The van der Waals surface area contributed by atoms with Crippen LogP contribution in [0.3, 0.4) is 0 Å². The van der Waals surface area contributed by atoms with Crippen molar-refractivity contribution in [3.63, 3.8) is 0 Å². The fourth-order valence-electron chi connectivity index (χ4n) is 0.557. The van der Waals surface area contributed by atoms with E-state index in [0.29, 0.717) is 0 Å². The summed E-state index contributed by atoms with van der Waals surface area (Å²) in [5.41, 5.74) is 0. The minimum absolute atomic E-state index is 0.910. The van der Waals surface area contributed by atoms with Crippen LogP contribution in [0.25, 0.3) is 0 Å². The maximum atomic E-state index is 9.63. The van der Waals surface area contributed by atoms with Crippen molar-refractivity contribution in [2.75, 3.05) is 19.6 Å². The van der Waals surface area contributed by atoms with Crippen LogP contribution in [0, 0.1) is 0 Å². The summed E-state index contributed by atoms with van der Waals surface area (Å²) < 4.78 is 24.2. The maximum absolute atomic E-state index is 9.63. The lowest BCUT2D eigenvalue weighted by Gasteiger charge is -1.93. The molecule has 74 valence electrons. The van der Waals surface area contributed by atoms with Crippen LogP contribution in [0.2, 0.25) is 0 Å². The van der Waals surface area contributed by atoms with Crippen molar-refractivity contribution >= 4 is 9.84 Å². The molecule has 0 amide bonds. The van der Waals surface area contributed by atoms with Crippen molar-refractivity contribution in [3.05, 3.63) is 30.3 Å². The summed E-state index contributed by atoms with van der Waals surface area (Å²) >= 11 is 0. The molecular formula is C9H14O3S. The second-order valence-corrected chi connectivity index (χ2v) is 4.95. The van der Waals surface area contributed by atoms with E-state index in [1.807, 2.05) is 30.3 Å². The molecule has 0 spiro atoms. The molecule has 0 aliphatic carbocycles. The summed E-state index contributed by atoms with van der Waals surface area (Å²) in [6.45, 7) is 0. The smallest absolute Gasteiger partial charge is 0.144 e. The van der Waals surface area contributed by atoms with E-state index < -0.39 is 9.84 Å². The van der Waals surface area contributed by atoms with Crippen LogP contribution in [0.1, 0.15) is 0 Å². The van der Waals surface area contributed by atoms with Gasteiger partial charge in [0.1, 0.15) is 15.6 Å². The van der Waals surface area contributed by atoms with E-state index in [2.05, 4.69) is 0 Å². The van der Waals surface area contributed by atoms with Gasteiger partial charge in [0.2, 0.25) is 0 Å². The quantitative estimate of drug-likeness (QED) is 0.690. The van der Waals surface area contributed by atoms with Crippen LogP contribution in [-0.2, 0) is 9.84 Å². The van der Waals surface area contributed by atoms with Gasteiger partial charge < -0.3 is 4.74 Å². The van der Waals surface area contributed by atoms with E-state index in [1.54, 1.807) is 7.11 Å². The zero-order valence-corrected chi connectivity index (χ0v) is 8.84. The summed E-state index contributed by atoms with van der Waals surface area (Å²) in [5, 5.41) is 0. The standard InChI is InChI=1S/C7H8O.C2H6O2S/c1-8-7-5-3-2-4-6-7;1-5(2,3)4/h2-6H,1H3;1-2H3. The summed E-state index contributed by atoms with van der Waals surface area (Å²) in [4.78, 5) is 0. The molecule has 0 aliphatic rings. The SMILES string of the molecule is COc1ccccc1.CS(C)(=O)=O. The molecule has 1 aromatic carbocycles. The van der Waals surface area contributed by atoms with Crippen LogP contribution in [0.4, 0.5) is 0 Å². The summed E-state index contributed by atoms with van der Waals surface area (Å²) in [7, 11) is -1.00. The second-order valence-electron chi connectivity index (χ2n) is 2.66. The Kier molecular flexibility index (Phi) is 5.14. The lowest BCUT2D eigenvalue weighted by molar-refractivity contribution is 0.415. The van der Waals surface area contributed by atoms with E-state index in [-0.39, 0.29) is 0 Å². The molecule has 3 nitrogen and oxygen atoms in total. The van der Waals surface area contributed by atoms with Gasteiger partial charge in [-0.3, -0.25) is 0 Å². The van der Waals surface area contributed by atoms with Gasteiger partial charge >= 0.3 is 0 Å². The number of sulfone groups is 1. The van der Waals surface area contributed by atoms with Crippen molar-refractivity contribution < 1.29 is 13.2 Å². The van der Waals surface area contributed by atoms with Gasteiger partial charge in [0, 0.05) is 12.5 Å². The normalized spacial score (nSPS) is 9.77. The molecule has 0 radical (unpaired) electrons. The topological polar surface area (TPSA) is 43.4 Å². The van der Waals surface area contributed by atoms with Crippen LogP contribution < -0.4 is 4.74 Å². The van der Waals surface area contributed by atoms with Crippen molar-refractivity contribution in [3.8, 4) is 5.75 Å². The molecular weight excluding hydrogens is 188 g/mol. The monoisotopic (exact) mass is 202 g/mol. The van der Waals surface area contributed by atoms with Crippen molar-refractivity contribution in [1.82, 2.24) is 0 Å². The van der Waals surface area contributed by atoms with Crippen LogP contribution in [0.15, 0.2) is 30.3 Å².